The number of hydrogen-bond donors (Lipinski definition) is 1. The van der Waals surface area contributed by atoms with Crippen LogP contribution < -0.4 is 0 Å². The van der Waals surface area contributed by atoms with Gasteiger partial charge in [0.15, 0.2) is 0 Å². The molecular weight excluding hydrogens is 282 g/mol. The van der Waals surface area contributed by atoms with Gasteiger partial charge in [0, 0.05) is 25.9 Å². The molecule has 1 N–H and O–H groups in total. The molecule has 0 aliphatic carbocycles. The Labute approximate surface area is 134 Å². The maximum atomic E-state index is 12.0. The monoisotopic (exact) mass is 311 g/mol. The molecular formula is C17H29NO4. The van der Waals surface area contributed by atoms with Crippen LogP contribution in [0.15, 0.2) is 0 Å². The molecule has 0 spiro atoms. The molecule has 1 aliphatic rings. The summed E-state index contributed by atoms with van der Waals surface area (Å²) in [4.78, 5) is 13.6. The average molecular weight is 311 g/mol. The van der Waals surface area contributed by atoms with E-state index < -0.39 is 11.2 Å². The standard InChI is InChI=1S/C17H29NO4/c1-15(2,3)21-13-7-8-17(20)9-11-18(12-10-17)14(19)22-16(4,5)6/h20H,9-13H2,1-6H3. The van der Waals surface area contributed by atoms with E-state index in [4.69, 9.17) is 9.47 Å². The maximum Gasteiger partial charge on any atom is 0.410 e. The van der Waals surface area contributed by atoms with Crippen LogP contribution in [0.25, 0.3) is 0 Å². The number of nitrogens with zero attached hydrogens (tertiary/aromatic N) is 1. The van der Waals surface area contributed by atoms with Gasteiger partial charge in [0.1, 0.15) is 17.8 Å². The minimum atomic E-state index is -1.04. The molecule has 22 heavy (non-hydrogen) atoms. The number of carbonyl (C=O) groups is 1. The van der Waals surface area contributed by atoms with Gasteiger partial charge in [-0.05, 0) is 41.5 Å². The van der Waals surface area contributed by atoms with Crippen molar-refractivity contribution in [3.63, 3.8) is 0 Å². The number of piperidine rings is 1. The summed E-state index contributed by atoms with van der Waals surface area (Å²) in [6.07, 6.45) is 0.516. The second-order valence-electron chi connectivity index (χ2n) is 7.70. The van der Waals surface area contributed by atoms with E-state index in [2.05, 4.69) is 11.8 Å². The van der Waals surface area contributed by atoms with E-state index in [0.717, 1.165) is 0 Å². The summed E-state index contributed by atoms with van der Waals surface area (Å²) >= 11 is 0. The van der Waals surface area contributed by atoms with Crippen molar-refractivity contribution >= 4 is 6.09 Å². The molecule has 5 nitrogen and oxygen atoms in total. The Morgan fingerprint density at radius 3 is 2.14 bits per heavy atom. The smallest absolute Gasteiger partial charge is 0.410 e. The van der Waals surface area contributed by atoms with E-state index in [0.29, 0.717) is 32.5 Å². The van der Waals surface area contributed by atoms with Gasteiger partial charge in [0.2, 0.25) is 0 Å². The summed E-state index contributed by atoms with van der Waals surface area (Å²) in [6, 6.07) is 0. The zero-order chi connectivity index (χ0) is 17.0. The van der Waals surface area contributed by atoms with Gasteiger partial charge in [0.05, 0.1) is 5.60 Å². The van der Waals surface area contributed by atoms with Crippen LogP contribution in [0, 0.1) is 11.8 Å². The van der Waals surface area contributed by atoms with E-state index in [9.17, 15) is 9.90 Å². The van der Waals surface area contributed by atoms with E-state index in [1.807, 2.05) is 41.5 Å². The molecule has 126 valence electrons. The van der Waals surface area contributed by atoms with Crippen molar-refractivity contribution in [2.24, 2.45) is 0 Å². The Morgan fingerprint density at radius 2 is 1.68 bits per heavy atom. The minimum absolute atomic E-state index is 0.239. The van der Waals surface area contributed by atoms with Crippen molar-refractivity contribution in [1.29, 1.82) is 0 Å². The third kappa shape index (κ3) is 7.15. The Morgan fingerprint density at radius 1 is 1.14 bits per heavy atom. The fourth-order valence-electron chi connectivity index (χ4n) is 1.96. The van der Waals surface area contributed by atoms with Crippen LogP contribution in [0.5, 0.6) is 0 Å². The normalized spacial score (nSPS) is 18.4. The first-order chi connectivity index (χ1) is 9.90. The van der Waals surface area contributed by atoms with Crippen LogP contribution in [0.2, 0.25) is 0 Å². The highest BCUT2D eigenvalue weighted by Gasteiger charge is 2.34. The molecule has 1 saturated heterocycles. The van der Waals surface area contributed by atoms with Gasteiger partial charge in [-0.1, -0.05) is 11.8 Å². The van der Waals surface area contributed by atoms with Gasteiger partial charge < -0.3 is 19.5 Å². The van der Waals surface area contributed by atoms with E-state index >= 15 is 0 Å². The molecule has 0 aromatic heterocycles. The number of ether oxygens (including phenoxy) is 2. The molecule has 1 rings (SSSR count). The summed E-state index contributed by atoms with van der Waals surface area (Å²) in [5.74, 6) is 5.76. The molecule has 0 unspecified atom stereocenters. The highest BCUT2D eigenvalue weighted by molar-refractivity contribution is 5.68. The Balaban J connectivity index is 2.47. The van der Waals surface area contributed by atoms with Crippen LogP contribution in [0.3, 0.4) is 0 Å². The Kier molecular flexibility index (Phi) is 5.89. The Bertz CT molecular complexity index is 440. The highest BCUT2D eigenvalue weighted by Crippen LogP contribution is 2.23. The summed E-state index contributed by atoms with van der Waals surface area (Å²) < 4.78 is 10.8. The predicted octanol–water partition coefficient (Wildman–Crippen LogP) is 2.57. The molecule has 0 atom stereocenters. The first kappa shape index (κ1) is 18.8. The first-order valence-corrected chi connectivity index (χ1v) is 7.75. The lowest BCUT2D eigenvalue weighted by atomic mass is 9.92. The van der Waals surface area contributed by atoms with Gasteiger partial charge in [-0.3, -0.25) is 0 Å². The molecule has 0 saturated carbocycles. The summed E-state index contributed by atoms with van der Waals surface area (Å²) in [7, 11) is 0. The molecule has 0 bridgehead atoms. The zero-order valence-electron chi connectivity index (χ0n) is 14.7. The van der Waals surface area contributed by atoms with Crippen molar-refractivity contribution in [3.05, 3.63) is 0 Å². The van der Waals surface area contributed by atoms with Gasteiger partial charge in [-0.2, -0.15) is 0 Å². The lowest BCUT2D eigenvalue weighted by Gasteiger charge is -2.35. The fraction of sp³-hybridized carbons (Fsp3) is 0.824. The summed E-state index contributed by atoms with van der Waals surface area (Å²) in [5.41, 5.74) is -1.79. The van der Waals surface area contributed by atoms with Crippen LogP contribution >= 0.6 is 0 Å². The number of carbonyl (C=O) groups excluding carboxylic acids is 1. The van der Waals surface area contributed by atoms with E-state index in [1.165, 1.54) is 0 Å². The number of rotatable bonds is 1. The SMILES string of the molecule is CC(C)(C)OCC#CC1(O)CCN(C(=O)OC(C)(C)C)CC1. The molecule has 1 aliphatic heterocycles. The van der Waals surface area contributed by atoms with Gasteiger partial charge in [-0.15, -0.1) is 0 Å². The number of amides is 1. The fourth-order valence-corrected chi connectivity index (χ4v) is 1.96. The van der Waals surface area contributed by atoms with Crippen LogP contribution in [0.4, 0.5) is 4.79 Å². The third-order valence-electron chi connectivity index (χ3n) is 3.14. The first-order valence-electron chi connectivity index (χ1n) is 7.75. The molecule has 1 fully saturated rings. The predicted molar refractivity (Wildman–Crippen MR) is 85.5 cm³/mol. The van der Waals surface area contributed by atoms with Crippen molar-refractivity contribution in [1.82, 2.24) is 4.90 Å². The van der Waals surface area contributed by atoms with Crippen LogP contribution in [0.1, 0.15) is 54.4 Å². The third-order valence-corrected chi connectivity index (χ3v) is 3.14. The topological polar surface area (TPSA) is 59.0 Å². The number of likely N-dealkylation sites (tertiary alicyclic amines) is 1. The summed E-state index contributed by atoms with van der Waals surface area (Å²) in [6.45, 7) is 12.6. The zero-order valence-corrected chi connectivity index (χ0v) is 14.7. The summed E-state index contributed by atoms with van der Waals surface area (Å²) in [5, 5.41) is 10.4. The van der Waals surface area contributed by atoms with Crippen LogP contribution in [-0.2, 0) is 9.47 Å². The lowest BCUT2D eigenvalue weighted by Crippen LogP contribution is -2.47. The maximum absolute atomic E-state index is 12.0. The van der Waals surface area contributed by atoms with E-state index in [-0.39, 0.29) is 11.7 Å². The second kappa shape index (κ2) is 6.89. The van der Waals surface area contributed by atoms with Crippen LogP contribution in [-0.4, -0.2) is 52.6 Å². The van der Waals surface area contributed by atoms with Gasteiger partial charge in [0.25, 0.3) is 0 Å². The van der Waals surface area contributed by atoms with E-state index in [1.54, 1.807) is 4.90 Å². The average Bonchev–Trinajstić information content (AvgIpc) is 2.32. The number of aliphatic hydroxyl groups is 1. The molecule has 5 heteroatoms. The largest absolute Gasteiger partial charge is 0.444 e. The quantitative estimate of drug-likeness (QED) is 0.756. The lowest BCUT2D eigenvalue weighted by molar-refractivity contribution is -0.00589. The molecule has 0 aromatic rings. The number of hydrogen-bond acceptors (Lipinski definition) is 4. The van der Waals surface area contributed by atoms with Gasteiger partial charge in [-0.25, -0.2) is 4.79 Å². The van der Waals surface area contributed by atoms with Crippen molar-refractivity contribution in [2.75, 3.05) is 19.7 Å². The highest BCUT2D eigenvalue weighted by atomic mass is 16.6. The van der Waals surface area contributed by atoms with Crippen molar-refractivity contribution in [3.8, 4) is 11.8 Å². The minimum Gasteiger partial charge on any atom is -0.444 e. The van der Waals surface area contributed by atoms with Gasteiger partial charge >= 0.3 is 6.09 Å². The second-order valence-corrected chi connectivity index (χ2v) is 7.70. The molecule has 1 amide bonds. The van der Waals surface area contributed by atoms with Crippen molar-refractivity contribution < 1.29 is 19.4 Å². The molecule has 0 aromatic carbocycles. The van der Waals surface area contributed by atoms with Crippen molar-refractivity contribution in [2.45, 2.75) is 71.2 Å². The Hall–Kier alpha value is -1.25. The molecule has 0 radical (unpaired) electrons. The molecule has 1 heterocycles.